The molecule has 1 unspecified atom stereocenters. The molecule has 0 radical (unpaired) electrons. The van der Waals surface area contributed by atoms with Gasteiger partial charge in [0.1, 0.15) is 0 Å². The Morgan fingerprint density at radius 3 is 2.12 bits per heavy atom. The van der Waals surface area contributed by atoms with E-state index in [0.29, 0.717) is 12.1 Å². The van der Waals surface area contributed by atoms with E-state index < -0.39 is 0 Å². The van der Waals surface area contributed by atoms with E-state index in [4.69, 9.17) is 0 Å². The van der Waals surface area contributed by atoms with Gasteiger partial charge in [0, 0.05) is 12.1 Å². The first kappa shape index (κ1) is 19.7. The fraction of sp³-hybridized carbons (Fsp3) is 0.364. The minimum Gasteiger partial charge on any atom is -0.354 e. The molecule has 0 saturated heterocycles. The highest BCUT2D eigenvalue weighted by atomic mass is 16.2. The minimum absolute atomic E-state index is 0.0264. The van der Waals surface area contributed by atoms with E-state index >= 15 is 0 Å². The third kappa shape index (κ3) is 5.73. The number of nitrogens with one attached hydrogen (secondary N) is 2. The Kier molecular flexibility index (Phi) is 6.56. The molecule has 2 amide bonds. The van der Waals surface area contributed by atoms with Gasteiger partial charge in [0.25, 0.3) is 5.91 Å². The molecular formula is C22H28N2O2. The molecular weight excluding hydrogens is 324 g/mol. The van der Waals surface area contributed by atoms with E-state index in [1.807, 2.05) is 42.5 Å². The topological polar surface area (TPSA) is 58.2 Å². The van der Waals surface area contributed by atoms with Gasteiger partial charge in [-0.2, -0.15) is 0 Å². The van der Waals surface area contributed by atoms with E-state index in [2.05, 4.69) is 38.3 Å². The summed E-state index contributed by atoms with van der Waals surface area (Å²) < 4.78 is 0. The van der Waals surface area contributed by atoms with Crippen LogP contribution in [0.2, 0.25) is 0 Å². The highest BCUT2D eigenvalue weighted by Gasteiger charge is 2.15. The summed E-state index contributed by atoms with van der Waals surface area (Å²) in [5, 5.41) is 5.53. The normalized spacial score (nSPS) is 12.3. The number of benzene rings is 2. The lowest BCUT2D eigenvalue weighted by molar-refractivity contribution is -0.120. The maximum atomic E-state index is 12.2. The van der Waals surface area contributed by atoms with Crippen molar-refractivity contribution in [3.05, 3.63) is 71.3 Å². The van der Waals surface area contributed by atoms with Crippen molar-refractivity contribution in [1.82, 2.24) is 10.6 Å². The molecule has 0 saturated carbocycles. The van der Waals surface area contributed by atoms with Gasteiger partial charge in [-0.05, 0) is 34.6 Å². The zero-order chi connectivity index (χ0) is 19.2. The Labute approximate surface area is 156 Å². The molecule has 4 nitrogen and oxygen atoms in total. The summed E-state index contributed by atoms with van der Waals surface area (Å²) >= 11 is 0. The number of hydrogen-bond donors (Lipinski definition) is 2. The fourth-order valence-corrected chi connectivity index (χ4v) is 2.61. The van der Waals surface area contributed by atoms with Crippen LogP contribution in [0.4, 0.5) is 0 Å². The van der Waals surface area contributed by atoms with Crippen LogP contribution in [0.3, 0.4) is 0 Å². The second kappa shape index (κ2) is 8.65. The Morgan fingerprint density at radius 1 is 0.923 bits per heavy atom. The highest BCUT2D eigenvalue weighted by molar-refractivity contribution is 5.96. The van der Waals surface area contributed by atoms with Gasteiger partial charge in [-0.15, -0.1) is 0 Å². The molecule has 0 aromatic heterocycles. The first-order valence-corrected chi connectivity index (χ1v) is 8.98. The SMILES string of the molecule is CC(CNC(=O)CNC(=O)c1ccc(C(C)(C)C)cc1)c1ccccc1. The number of carbonyl (C=O) groups excluding carboxylic acids is 2. The van der Waals surface area contributed by atoms with Crippen LogP contribution in [0.5, 0.6) is 0 Å². The van der Waals surface area contributed by atoms with Crippen molar-refractivity contribution in [2.45, 2.75) is 39.0 Å². The molecule has 0 aliphatic carbocycles. The van der Waals surface area contributed by atoms with Crippen molar-refractivity contribution in [3.8, 4) is 0 Å². The van der Waals surface area contributed by atoms with Gasteiger partial charge in [-0.3, -0.25) is 9.59 Å². The van der Waals surface area contributed by atoms with Crippen molar-refractivity contribution >= 4 is 11.8 Å². The van der Waals surface area contributed by atoms with Crippen LogP contribution < -0.4 is 10.6 Å². The van der Waals surface area contributed by atoms with Crippen LogP contribution >= 0.6 is 0 Å². The predicted molar refractivity (Wildman–Crippen MR) is 105 cm³/mol. The molecule has 2 N–H and O–H groups in total. The van der Waals surface area contributed by atoms with E-state index in [1.165, 1.54) is 11.1 Å². The molecule has 0 bridgehead atoms. The lowest BCUT2D eigenvalue weighted by Crippen LogP contribution is -2.38. The molecule has 2 aromatic rings. The zero-order valence-corrected chi connectivity index (χ0v) is 16.0. The molecule has 2 rings (SSSR count). The van der Waals surface area contributed by atoms with E-state index in [1.54, 1.807) is 12.1 Å². The number of carbonyl (C=O) groups is 2. The van der Waals surface area contributed by atoms with E-state index in [9.17, 15) is 9.59 Å². The van der Waals surface area contributed by atoms with Crippen LogP contribution in [0.15, 0.2) is 54.6 Å². The molecule has 1 atom stereocenters. The molecule has 138 valence electrons. The largest absolute Gasteiger partial charge is 0.354 e. The molecule has 0 fully saturated rings. The van der Waals surface area contributed by atoms with Crippen molar-refractivity contribution in [2.24, 2.45) is 0 Å². The monoisotopic (exact) mass is 352 g/mol. The van der Waals surface area contributed by atoms with Crippen LogP contribution in [0.1, 0.15) is 55.1 Å². The van der Waals surface area contributed by atoms with Gasteiger partial charge in [-0.25, -0.2) is 0 Å². The molecule has 0 aliphatic heterocycles. The van der Waals surface area contributed by atoms with Crippen LogP contribution in [0.25, 0.3) is 0 Å². The van der Waals surface area contributed by atoms with Crippen LogP contribution in [-0.2, 0) is 10.2 Å². The summed E-state index contributed by atoms with van der Waals surface area (Å²) in [6.45, 7) is 8.96. The van der Waals surface area contributed by atoms with Gasteiger partial charge in [-0.1, -0.05) is 70.2 Å². The van der Waals surface area contributed by atoms with Crippen molar-refractivity contribution < 1.29 is 9.59 Å². The van der Waals surface area contributed by atoms with E-state index in [0.717, 1.165) is 0 Å². The third-order valence-electron chi connectivity index (χ3n) is 4.40. The maximum absolute atomic E-state index is 12.2. The van der Waals surface area contributed by atoms with Crippen molar-refractivity contribution in [2.75, 3.05) is 13.1 Å². The lowest BCUT2D eigenvalue weighted by Gasteiger charge is -2.19. The van der Waals surface area contributed by atoms with E-state index in [-0.39, 0.29) is 29.7 Å². The second-order valence-electron chi connectivity index (χ2n) is 7.63. The summed E-state index contributed by atoms with van der Waals surface area (Å²) in [6, 6.07) is 17.5. The maximum Gasteiger partial charge on any atom is 0.251 e. The summed E-state index contributed by atoms with van der Waals surface area (Å²) in [4.78, 5) is 24.2. The smallest absolute Gasteiger partial charge is 0.251 e. The number of amides is 2. The quantitative estimate of drug-likeness (QED) is 0.834. The first-order chi connectivity index (χ1) is 12.3. The van der Waals surface area contributed by atoms with Gasteiger partial charge < -0.3 is 10.6 Å². The molecule has 0 spiro atoms. The lowest BCUT2D eigenvalue weighted by atomic mass is 9.87. The number of hydrogen-bond acceptors (Lipinski definition) is 2. The third-order valence-corrected chi connectivity index (χ3v) is 4.40. The molecule has 4 heteroatoms. The Morgan fingerprint density at radius 2 is 1.54 bits per heavy atom. The van der Waals surface area contributed by atoms with Gasteiger partial charge in [0.05, 0.1) is 6.54 Å². The minimum atomic E-state index is -0.239. The summed E-state index contributed by atoms with van der Waals surface area (Å²) in [5.74, 6) is -0.204. The number of rotatable bonds is 6. The average molecular weight is 352 g/mol. The molecule has 0 heterocycles. The summed E-state index contributed by atoms with van der Waals surface area (Å²) in [5.41, 5.74) is 2.95. The second-order valence-corrected chi connectivity index (χ2v) is 7.63. The highest BCUT2D eigenvalue weighted by Crippen LogP contribution is 2.22. The Hall–Kier alpha value is -2.62. The molecule has 0 aliphatic rings. The fourth-order valence-electron chi connectivity index (χ4n) is 2.61. The van der Waals surface area contributed by atoms with Gasteiger partial charge in [0.15, 0.2) is 0 Å². The van der Waals surface area contributed by atoms with Gasteiger partial charge in [0.2, 0.25) is 5.91 Å². The average Bonchev–Trinajstić information content (AvgIpc) is 2.64. The summed E-state index contributed by atoms with van der Waals surface area (Å²) in [6.07, 6.45) is 0. The Bertz CT molecular complexity index is 731. The predicted octanol–water partition coefficient (Wildman–Crippen LogP) is 3.63. The van der Waals surface area contributed by atoms with Crippen LogP contribution in [-0.4, -0.2) is 24.9 Å². The standard InChI is InChI=1S/C22H28N2O2/c1-16(17-8-6-5-7-9-17)14-23-20(25)15-24-21(26)18-10-12-19(13-11-18)22(2,3)4/h5-13,16H,14-15H2,1-4H3,(H,23,25)(H,24,26). The van der Waals surface area contributed by atoms with Crippen molar-refractivity contribution in [3.63, 3.8) is 0 Å². The van der Waals surface area contributed by atoms with Gasteiger partial charge >= 0.3 is 0 Å². The zero-order valence-electron chi connectivity index (χ0n) is 16.0. The van der Waals surface area contributed by atoms with Crippen molar-refractivity contribution in [1.29, 1.82) is 0 Å². The first-order valence-electron chi connectivity index (χ1n) is 8.98. The Balaban J connectivity index is 1.79. The molecule has 2 aromatic carbocycles. The van der Waals surface area contributed by atoms with Crippen LogP contribution in [0, 0.1) is 0 Å². The molecule has 26 heavy (non-hydrogen) atoms. The summed E-state index contributed by atoms with van der Waals surface area (Å²) in [7, 11) is 0.